The highest BCUT2D eigenvalue weighted by Crippen LogP contribution is 2.15. The molecule has 0 radical (unpaired) electrons. The third kappa shape index (κ3) is 6.43. The van der Waals surface area contributed by atoms with E-state index in [1.807, 2.05) is 39.0 Å². The van der Waals surface area contributed by atoms with Crippen molar-refractivity contribution in [1.82, 2.24) is 5.32 Å². The molecule has 0 spiro atoms. The Hall–Kier alpha value is -1.84. The van der Waals surface area contributed by atoms with E-state index in [2.05, 4.69) is 19.2 Å². The van der Waals surface area contributed by atoms with Crippen molar-refractivity contribution in [2.24, 2.45) is 0 Å². The largest absolute Gasteiger partial charge is 0.460 e. The molecule has 0 aliphatic rings. The van der Waals surface area contributed by atoms with Crippen molar-refractivity contribution in [1.29, 1.82) is 0 Å². The van der Waals surface area contributed by atoms with E-state index in [1.165, 1.54) is 0 Å². The lowest BCUT2D eigenvalue weighted by molar-refractivity contribution is -0.154. The molecule has 116 valence electrons. The molecule has 0 saturated carbocycles. The molecule has 0 aromatic heterocycles. The number of rotatable bonds is 5. The second-order valence-electron chi connectivity index (χ2n) is 6.37. The van der Waals surface area contributed by atoms with Gasteiger partial charge in [-0.1, -0.05) is 26.0 Å². The van der Waals surface area contributed by atoms with Crippen LogP contribution < -0.4 is 5.32 Å². The maximum atomic E-state index is 12.0. The molecule has 0 heterocycles. The number of amides is 1. The Bertz CT molecular complexity index is 501. The molecular formula is C17H25NO3. The molecule has 0 atom stereocenters. The van der Waals surface area contributed by atoms with Gasteiger partial charge in [-0.3, -0.25) is 9.59 Å². The van der Waals surface area contributed by atoms with Crippen LogP contribution in [0, 0.1) is 0 Å². The van der Waals surface area contributed by atoms with E-state index in [-0.39, 0.29) is 24.8 Å². The van der Waals surface area contributed by atoms with Gasteiger partial charge in [-0.05, 0) is 44.4 Å². The number of ether oxygens (including phenoxy) is 1. The zero-order chi connectivity index (χ0) is 16.0. The van der Waals surface area contributed by atoms with Crippen molar-refractivity contribution >= 4 is 11.9 Å². The average molecular weight is 291 g/mol. The quantitative estimate of drug-likeness (QED) is 0.847. The minimum atomic E-state index is -0.493. The Balaban J connectivity index is 2.48. The van der Waals surface area contributed by atoms with Gasteiger partial charge in [0, 0.05) is 12.1 Å². The van der Waals surface area contributed by atoms with Gasteiger partial charge >= 0.3 is 5.97 Å². The highest BCUT2D eigenvalue weighted by molar-refractivity contribution is 5.94. The smallest absolute Gasteiger partial charge is 0.308 e. The predicted molar refractivity (Wildman–Crippen MR) is 83.3 cm³/mol. The number of benzene rings is 1. The van der Waals surface area contributed by atoms with Crippen LogP contribution in [0.2, 0.25) is 0 Å². The minimum Gasteiger partial charge on any atom is -0.460 e. The molecule has 21 heavy (non-hydrogen) atoms. The molecule has 1 N–H and O–H groups in total. The molecule has 1 aromatic rings. The predicted octanol–water partition coefficient (Wildman–Crippen LogP) is 3.27. The van der Waals surface area contributed by atoms with Crippen molar-refractivity contribution in [3.8, 4) is 0 Å². The number of carbonyl (C=O) groups excluding carboxylic acids is 2. The van der Waals surface area contributed by atoms with Crippen LogP contribution in [0.4, 0.5) is 0 Å². The maximum Gasteiger partial charge on any atom is 0.308 e. The minimum absolute atomic E-state index is 0.166. The van der Waals surface area contributed by atoms with Gasteiger partial charge in [-0.25, -0.2) is 0 Å². The Morgan fingerprint density at radius 3 is 2.48 bits per heavy atom. The second-order valence-corrected chi connectivity index (χ2v) is 6.37. The fourth-order valence-corrected chi connectivity index (χ4v) is 1.81. The van der Waals surface area contributed by atoms with Crippen LogP contribution >= 0.6 is 0 Å². The normalized spacial score (nSPS) is 11.3. The van der Waals surface area contributed by atoms with Gasteiger partial charge in [0.25, 0.3) is 5.91 Å². The van der Waals surface area contributed by atoms with Gasteiger partial charge in [0.1, 0.15) is 5.60 Å². The Morgan fingerprint density at radius 1 is 1.24 bits per heavy atom. The summed E-state index contributed by atoms with van der Waals surface area (Å²) in [6.07, 6.45) is 0.173. The molecule has 4 heteroatoms. The van der Waals surface area contributed by atoms with Crippen LogP contribution in [-0.2, 0) is 9.53 Å². The molecule has 0 unspecified atom stereocenters. The van der Waals surface area contributed by atoms with Crippen LogP contribution in [0.1, 0.15) is 62.9 Å². The Morgan fingerprint density at radius 2 is 1.90 bits per heavy atom. The second kappa shape index (κ2) is 7.25. The first-order chi connectivity index (χ1) is 9.69. The lowest BCUT2D eigenvalue weighted by Crippen LogP contribution is -2.29. The van der Waals surface area contributed by atoms with E-state index in [9.17, 15) is 9.59 Å². The summed E-state index contributed by atoms with van der Waals surface area (Å²) in [5.74, 6) is -0.0979. The first kappa shape index (κ1) is 17.2. The van der Waals surface area contributed by atoms with Crippen molar-refractivity contribution in [3.63, 3.8) is 0 Å². The fraction of sp³-hybridized carbons (Fsp3) is 0.529. The first-order valence-electron chi connectivity index (χ1n) is 7.29. The summed E-state index contributed by atoms with van der Waals surface area (Å²) < 4.78 is 5.19. The standard InChI is InChI=1S/C17H25NO3/c1-12(2)13-7-6-8-14(11-13)16(20)18-10-9-15(19)21-17(3,4)5/h6-8,11-12H,9-10H2,1-5H3,(H,18,20). The lowest BCUT2D eigenvalue weighted by atomic mass is 10.0. The maximum absolute atomic E-state index is 12.0. The molecule has 1 rings (SSSR count). The van der Waals surface area contributed by atoms with Crippen LogP contribution in [0.25, 0.3) is 0 Å². The van der Waals surface area contributed by atoms with Crippen molar-refractivity contribution < 1.29 is 14.3 Å². The molecule has 0 fully saturated rings. The molecule has 0 bridgehead atoms. The van der Waals surface area contributed by atoms with E-state index in [1.54, 1.807) is 6.07 Å². The third-order valence-electron chi connectivity index (χ3n) is 2.85. The SMILES string of the molecule is CC(C)c1cccc(C(=O)NCCC(=O)OC(C)(C)C)c1. The van der Waals surface area contributed by atoms with Crippen molar-refractivity contribution in [3.05, 3.63) is 35.4 Å². The summed E-state index contributed by atoms with van der Waals surface area (Å²) in [7, 11) is 0. The van der Waals surface area contributed by atoms with E-state index in [0.29, 0.717) is 11.5 Å². The molecule has 0 saturated heterocycles. The summed E-state index contributed by atoms with van der Waals surface area (Å²) >= 11 is 0. The molecule has 1 aromatic carbocycles. The molecule has 4 nitrogen and oxygen atoms in total. The van der Waals surface area contributed by atoms with Gasteiger partial charge in [-0.2, -0.15) is 0 Å². The third-order valence-corrected chi connectivity index (χ3v) is 2.85. The van der Waals surface area contributed by atoms with E-state index in [0.717, 1.165) is 5.56 Å². The van der Waals surface area contributed by atoms with E-state index in [4.69, 9.17) is 4.74 Å². The van der Waals surface area contributed by atoms with Crippen LogP contribution in [0.15, 0.2) is 24.3 Å². The monoisotopic (exact) mass is 291 g/mol. The van der Waals surface area contributed by atoms with Gasteiger partial charge in [0.15, 0.2) is 0 Å². The summed E-state index contributed by atoms with van der Waals surface area (Å²) in [6, 6.07) is 7.53. The summed E-state index contributed by atoms with van der Waals surface area (Å²) in [5, 5.41) is 2.74. The number of hydrogen-bond donors (Lipinski definition) is 1. The summed E-state index contributed by atoms with van der Waals surface area (Å²) in [5.41, 5.74) is 1.24. The summed E-state index contributed by atoms with van der Waals surface area (Å²) in [6.45, 7) is 9.90. The van der Waals surface area contributed by atoms with Gasteiger partial charge in [0.2, 0.25) is 0 Å². The average Bonchev–Trinajstić information content (AvgIpc) is 2.36. The topological polar surface area (TPSA) is 55.4 Å². The number of hydrogen-bond acceptors (Lipinski definition) is 3. The van der Waals surface area contributed by atoms with E-state index >= 15 is 0 Å². The number of esters is 1. The molecule has 0 aliphatic carbocycles. The van der Waals surface area contributed by atoms with Crippen LogP contribution in [0.3, 0.4) is 0 Å². The van der Waals surface area contributed by atoms with Crippen LogP contribution in [0.5, 0.6) is 0 Å². The van der Waals surface area contributed by atoms with Crippen LogP contribution in [-0.4, -0.2) is 24.0 Å². The molecule has 0 aliphatic heterocycles. The number of carbonyl (C=O) groups is 2. The Labute approximate surface area is 126 Å². The zero-order valence-electron chi connectivity index (χ0n) is 13.5. The van der Waals surface area contributed by atoms with Gasteiger partial charge in [-0.15, -0.1) is 0 Å². The van der Waals surface area contributed by atoms with E-state index < -0.39 is 5.60 Å². The summed E-state index contributed by atoms with van der Waals surface area (Å²) in [4.78, 5) is 23.6. The Kier molecular flexibility index (Phi) is 5.94. The fourth-order valence-electron chi connectivity index (χ4n) is 1.81. The van der Waals surface area contributed by atoms with Gasteiger partial charge < -0.3 is 10.1 Å². The highest BCUT2D eigenvalue weighted by atomic mass is 16.6. The zero-order valence-corrected chi connectivity index (χ0v) is 13.5. The molecular weight excluding hydrogens is 266 g/mol. The molecule has 1 amide bonds. The lowest BCUT2D eigenvalue weighted by Gasteiger charge is -2.19. The van der Waals surface area contributed by atoms with Gasteiger partial charge in [0.05, 0.1) is 6.42 Å². The van der Waals surface area contributed by atoms with Crippen molar-refractivity contribution in [2.45, 2.75) is 52.6 Å². The van der Waals surface area contributed by atoms with Crippen molar-refractivity contribution in [2.75, 3.05) is 6.54 Å². The highest BCUT2D eigenvalue weighted by Gasteiger charge is 2.16. The number of nitrogens with one attached hydrogen (secondary N) is 1. The first-order valence-corrected chi connectivity index (χ1v) is 7.29.